The molecule has 0 bridgehead atoms. The first-order chi connectivity index (χ1) is 8.74. The molecule has 1 amide bonds. The van der Waals surface area contributed by atoms with Crippen LogP contribution in [0.25, 0.3) is 0 Å². The lowest BCUT2D eigenvalue weighted by atomic mass is 10.2. The maximum atomic E-state index is 11.6. The number of hydrogen-bond donors (Lipinski definition) is 1. The van der Waals surface area contributed by atoms with Crippen LogP contribution in [0.1, 0.15) is 45.4 Å². The topological polar surface area (TPSA) is 47.6 Å². The molecule has 1 rings (SSSR count). The van der Waals surface area contributed by atoms with Crippen molar-refractivity contribution in [2.24, 2.45) is 0 Å². The molecule has 1 atom stereocenters. The van der Waals surface area contributed by atoms with Crippen LogP contribution in [0.15, 0.2) is 12.2 Å². The van der Waals surface area contributed by atoms with Crippen LogP contribution in [0, 0.1) is 0 Å². The van der Waals surface area contributed by atoms with Crippen molar-refractivity contribution in [3.05, 3.63) is 12.2 Å². The summed E-state index contributed by atoms with van der Waals surface area (Å²) in [5, 5.41) is 2.85. The number of carbonyl (C=O) groups excluding carboxylic acids is 1. The van der Waals surface area contributed by atoms with Crippen molar-refractivity contribution in [3.8, 4) is 0 Å². The number of ether oxygens (including phenoxy) is 2. The molecule has 1 N–H and O–H groups in total. The van der Waals surface area contributed by atoms with Crippen LogP contribution >= 0.6 is 0 Å². The molecule has 0 spiro atoms. The molecule has 0 aromatic heterocycles. The summed E-state index contributed by atoms with van der Waals surface area (Å²) in [6.45, 7) is 7.89. The van der Waals surface area contributed by atoms with Crippen molar-refractivity contribution in [1.82, 2.24) is 5.32 Å². The van der Waals surface area contributed by atoms with Gasteiger partial charge in [0, 0.05) is 25.1 Å². The highest BCUT2D eigenvalue weighted by Crippen LogP contribution is 2.14. The van der Waals surface area contributed by atoms with E-state index in [0.29, 0.717) is 18.6 Å². The summed E-state index contributed by atoms with van der Waals surface area (Å²) in [5.41, 5.74) is 0.585. The van der Waals surface area contributed by atoms with E-state index in [9.17, 15) is 4.79 Å². The van der Waals surface area contributed by atoms with Gasteiger partial charge in [-0.05, 0) is 25.7 Å². The Hall–Kier alpha value is -0.870. The van der Waals surface area contributed by atoms with Crippen molar-refractivity contribution >= 4 is 5.91 Å². The van der Waals surface area contributed by atoms with Gasteiger partial charge in [-0.25, -0.2) is 0 Å². The third kappa shape index (κ3) is 6.17. The highest BCUT2D eigenvalue weighted by atomic mass is 16.7. The molecule has 1 fully saturated rings. The summed E-state index contributed by atoms with van der Waals surface area (Å²) in [4.78, 5) is 11.6. The molecular formula is C14H25NO3. The molecule has 0 aliphatic carbocycles. The van der Waals surface area contributed by atoms with E-state index in [1.165, 1.54) is 0 Å². The van der Waals surface area contributed by atoms with E-state index < -0.39 is 0 Å². The third-order valence-electron chi connectivity index (χ3n) is 2.98. The molecule has 104 valence electrons. The van der Waals surface area contributed by atoms with Gasteiger partial charge < -0.3 is 14.8 Å². The van der Waals surface area contributed by atoms with Crippen molar-refractivity contribution in [2.45, 2.75) is 51.7 Å². The molecule has 1 saturated heterocycles. The first kappa shape index (κ1) is 15.2. The highest BCUT2D eigenvalue weighted by Gasteiger charge is 2.14. The average Bonchev–Trinajstić information content (AvgIpc) is 2.40. The van der Waals surface area contributed by atoms with Gasteiger partial charge in [-0.1, -0.05) is 19.9 Å². The number of nitrogens with one attached hydrogen (secondary N) is 1. The normalized spacial score (nSPS) is 19.5. The molecular weight excluding hydrogens is 230 g/mol. The molecule has 18 heavy (non-hydrogen) atoms. The van der Waals surface area contributed by atoms with Gasteiger partial charge in [-0.3, -0.25) is 4.79 Å². The van der Waals surface area contributed by atoms with Crippen LogP contribution in [0.5, 0.6) is 0 Å². The molecule has 1 aliphatic heterocycles. The Kier molecular flexibility index (Phi) is 7.69. The Bertz CT molecular complexity index is 260. The zero-order valence-corrected chi connectivity index (χ0v) is 11.4. The smallest absolute Gasteiger partial charge is 0.246 e. The fourth-order valence-corrected chi connectivity index (χ4v) is 1.77. The van der Waals surface area contributed by atoms with Crippen molar-refractivity contribution < 1.29 is 14.3 Å². The fraction of sp³-hybridized carbons (Fsp3) is 0.786. The van der Waals surface area contributed by atoms with Crippen LogP contribution in [-0.2, 0) is 14.3 Å². The summed E-state index contributed by atoms with van der Waals surface area (Å²) in [7, 11) is 0. The average molecular weight is 255 g/mol. The zero-order chi connectivity index (χ0) is 13.2. The fourth-order valence-electron chi connectivity index (χ4n) is 1.77. The second-order valence-corrected chi connectivity index (χ2v) is 4.63. The third-order valence-corrected chi connectivity index (χ3v) is 2.98. The number of unbranched alkanes of at least 4 members (excludes halogenated alkanes) is 1. The predicted octanol–water partition coefficient (Wildman–Crippen LogP) is 2.39. The van der Waals surface area contributed by atoms with Gasteiger partial charge in [0.2, 0.25) is 5.91 Å². The number of rotatable bonds is 8. The molecule has 0 aromatic carbocycles. The van der Waals surface area contributed by atoms with Gasteiger partial charge >= 0.3 is 0 Å². The maximum Gasteiger partial charge on any atom is 0.246 e. The summed E-state index contributed by atoms with van der Waals surface area (Å²) < 4.78 is 11.0. The summed E-state index contributed by atoms with van der Waals surface area (Å²) in [6.07, 6.45) is 5.79. The van der Waals surface area contributed by atoms with Crippen LogP contribution in [-0.4, -0.2) is 32.0 Å². The van der Waals surface area contributed by atoms with E-state index in [0.717, 1.165) is 45.3 Å². The Morgan fingerprint density at radius 2 is 2.33 bits per heavy atom. The minimum Gasteiger partial charge on any atom is -0.353 e. The molecule has 1 unspecified atom stereocenters. The van der Waals surface area contributed by atoms with Crippen molar-refractivity contribution in [3.63, 3.8) is 0 Å². The summed E-state index contributed by atoms with van der Waals surface area (Å²) in [6, 6.07) is 0. The van der Waals surface area contributed by atoms with Gasteiger partial charge in [0.05, 0.1) is 6.61 Å². The first-order valence-electron chi connectivity index (χ1n) is 6.93. The van der Waals surface area contributed by atoms with E-state index in [4.69, 9.17) is 9.47 Å². The Morgan fingerprint density at radius 3 is 3.00 bits per heavy atom. The molecule has 4 nitrogen and oxygen atoms in total. The van der Waals surface area contributed by atoms with Crippen LogP contribution in [0.4, 0.5) is 0 Å². The predicted molar refractivity (Wildman–Crippen MR) is 71.2 cm³/mol. The van der Waals surface area contributed by atoms with E-state index in [1.54, 1.807) is 0 Å². The number of hydrogen-bond acceptors (Lipinski definition) is 3. The standard InChI is InChI=1S/C14H25NO3/c1-3-4-9-15-14(16)12(2)8-11-18-13-7-5-6-10-17-13/h13H,2-11H2,1H3,(H,15,16). The lowest BCUT2D eigenvalue weighted by Gasteiger charge is -2.22. The van der Waals surface area contributed by atoms with Crippen LogP contribution < -0.4 is 5.32 Å². The maximum absolute atomic E-state index is 11.6. The Labute approximate surface area is 110 Å². The zero-order valence-electron chi connectivity index (χ0n) is 11.4. The number of carbonyl (C=O) groups is 1. The molecule has 1 heterocycles. The van der Waals surface area contributed by atoms with E-state index in [2.05, 4.69) is 18.8 Å². The second kappa shape index (κ2) is 9.11. The number of amides is 1. The lowest BCUT2D eigenvalue weighted by Crippen LogP contribution is -2.27. The molecule has 0 aromatic rings. The van der Waals surface area contributed by atoms with Gasteiger partial charge in [-0.2, -0.15) is 0 Å². The van der Waals surface area contributed by atoms with E-state index in [-0.39, 0.29) is 12.2 Å². The summed E-state index contributed by atoms with van der Waals surface area (Å²) >= 11 is 0. The minimum absolute atomic E-state index is 0.0587. The second-order valence-electron chi connectivity index (χ2n) is 4.63. The Morgan fingerprint density at radius 1 is 1.50 bits per heavy atom. The molecule has 4 heteroatoms. The first-order valence-corrected chi connectivity index (χ1v) is 6.93. The van der Waals surface area contributed by atoms with E-state index in [1.807, 2.05) is 0 Å². The lowest BCUT2D eigenvalue weighted by molar-refractivity contribution is -0.161. The van der Waals surface area contributed by atoms with Gasteiger partial charge in [0.15, 0.2) is 6.29 Å². The molecule has 0 radical (unpaired) electrons. The largest absolute Gasteiger partial charge is 0.353 e. The Balaban J connectivity index is 2.06. The highest BCUT2D eigenvalue weighted by molar-refractivity contribution is 5.92. The quantitative estimate of drug-likeness (QED) is 0.535. The van der Waals surface area contributed by atoms with Crippen molar-refractivity contribution in [1.29, 1.82) is 0 Å². The van der Waals surface area contributed by atoms with Crippen LogP contribution in [0.3, 0.4) is 0 Å². The van der Waals surface area contributed by atoms with Gasteiger partial charge in [-0.15, -0.1) is 0 Å². The van der Waals surface area contributed by atoms with E-state index >= 15 is 0 Å². The van der Waals surface area contributed by atoms with Gasteiger partial charge in [0.1, 0.15) is 0 Å². The summed E-state index contributed by atoms with van der Waals surface area (Å²) in [5.74, 6) is -0.0587. The SMILES string of the molecule is C=C(CCOC1CCCCO1)C(=O)NCCCC. The molecule has 1 aliphatic rings. The minimum atomic E-state index is -0.0882. The monoisotopic (exact) mass is 255 g/mol. The molecule has 0 saturated carbocycles. The van der Waals surface area contributed by atoms with Crippen molar-refractivity contribution in [2.75, 3.05) is 19.8 Å². The van der Waals surface area contributed by atoms with Crippen LogP contribution in [0.2, 0.25) is 0 Å². The van der Waals surface area contributed by atoms with Gasteiger partial charge in [0.25, 0.3) is 0 Å².